The van der Waals surface area contributed by atoms with Crippen LogP contribution in [0.4, 0.5) is 0 Å². The van der Waals surface area contributed by atoms with Crippen molar-refractivity contribution in [2.75, 3.05) is 13.2 Å². The number of carbonyl (C=O) groups is 2. The van der Waals surface area contributed by atoms with E-state index in [0.29, 0.717) is 25.9 Å². The molecule has 1 amide bonds. The van der Waals surface area contributed by atoms with Crippen LogP contribution in [-0.2, 0) is 14.3 Å². The predicted octanol–water partition coefficient (Wildman–Crippen LogP) is 18.5. The smallest absolute Gasteiger partial charge is 0.305 e. The minimum absolute atomic E-state index is 0.00385. The summed E-state index contributed by atoms with van der Waals surface area (Å²) >= 11 is 0. The highest BCUT2D eigenvalue weighted by atomic mass is 16.5. The predicted molar refractivity (Wildman–Crippen MR) is 287 cm³/mol. The molecule has 6 heteroatoms. The molecule has 0 spiro atoms. The second-order valence-corrected chi connectivity index (χ2v) is 20.7. The SMILES string of the molecule is CCCCCCCC/C=C\CCCCCCCC(=O)OCCCCCCCCCCCCCCCCCCC(=O)NC(CO)C(O)CCCCCCCCCCCCCCCCCCCC. The lowest BCUT2D eigenvalue weighted by Gasteiger charge is -2.22. The van der Waals surface area contributed by atoms with Crippen LogP contribution in [0.25, 0.3) is 0 Å². The molecule has 0 aromatic heterocycles. The number of unbranched alkanes of at least 4 members (excludes halogenated alkanes) is 43. The van der Waals surface area contributed by atoms with Crippen molar-refractivity contribution >= 4 is 11.9 Å². The van der Waals surface area contributed by atoms with Gasteiger partial charge in [-0.1, -0.05) is 283 Å². The lowest BCUT2D eigenvalue weighted by atomic mass is 10.0. The van der Waals surface area contributed by atoms with Gasteiger partial charge in [0.25, 0.3) is 0 Å². The van der Waals surface area contributed by atoms with Gasteiger partial charge < -0.3 is 20.3 Å². The first-order valence-electron chi connectivity index (χ1n) is 29.9. The van der Waals surface area contributed by atoms with Crippen LogP contribution in [0.5, 0.6) is 0 Å². The van der Waals surface area contributed by atoms with Crippen LogP contribution in [0.15, 0.2) is 12.2 Å². The second kappa shape index (κ2) is 56.2. The van der Waals surface area contributed by atoms with E-state index in [4.69, 9.17) is 4.74 Å². The van der Waals surface area contributed by atoms with Crippen molar-refractivity contribution in [3.05, 3.63) is 12.2 Å². The first-order chi connectivity index (χ1) is 32.5. The standard InChI is InChI=1S/C60H117NO5/c1-3-5-7-9-11-13-15-17-19-20-21-25-28-32-36-40-44-48-52-58(63)57(56-62)61-59(64)53-49-45-41-37-33-29-26-22-23-27-31-35-39-43-47-51-55-66-60(65)54-50-46-42-38-34-30-24-18-16-14-12-10-8-6-4-2/h18,24,57-58,62-63H,3-17,19-23,25-56H2,1-2H3,(H,61,64)/b24-18-. The molecule has 0 aliphatic heterocycles. The van der Waals surface area contributed by atoms with Crippen LogP contribution in [-0.4, -0.2) is 47.4 Å². The number of aliphatic hydroxyl groups is 2. The molecule has 6 nitrogen and oxygen atoms in total. The molecule has 2 unspecified atom stereocenters. The molecule has 0 aliphatic carbocycles. The molecule has 0 rings (SSSR count). The van der Waals surface area contributed by atoms with Crippen molar-refractivity contribution in [1.82, 2.24) is 5.32 Å². The average Bonchev–Trinajstić information content (AvgIpc) is 3.32. The molecule has 3 N–H and O–H groups in total. The largest absolute Gasteiger partial charge is 0.466 e. The van der Waals surface area contributed by atoms with Crippen LogP contribution >= 0.6 is 0 Å². The average molecular weight is 933 g/mol. The molecule has 0 saturated heterocycles. The molecule has 0 aliphatic rings. The second-order valence-electron chi connectivity index (χ2n) is 20.7. The Morgan fingerprint density at radius 3 is 1.08 bits per heavy atom. The molecule has 0 fully saturated rings. The number of rotatable bonds is 56. The van der Waals surface area contributed by atoms with Crippen LogP contribution in [0.1, 0.15) is 335 Å². The fourth-order valence-corrected chi connectivity index (χ4v) is 9.46. The normalized spacial score (nSPS) is 12.6. The van der Waals surface area contributed by atoms with E-state index in [0.717, 1.165) is 44.9 Å². The van der Waals surface area contributed by atoms with E-state index in [1.807, 2.05) is 0 Å². The van der Waals surface area contributed by atoms with E-state index >= 15 is 0 Å². The summed E-state index contributed by atoms with van der Waals surface area (Å²) in [5.41, 5.74) is 0. The maximum absolute atomic E-state index is 12.5. The zero-order chi connectivity index (χ0) is 47.9. The van der Waals surface area contributed by atoms with Gasteiger partial charge in [-0.15, -0.1) is 0 Å². The molecule has 0 aromatic rings. The number of amides is 1. The van der Waals surface area contributed by atoms with Gasteiger partial charge in [0.2, 0.25) is 5.91 Å². The van der Waals surface area contributed by atoms with Crippen molar-refractivity contribution in [1.29, 1.82) is 0 Å². The van der Waals surface area contributed by atoms with E-state index < -0.39 is 12.1 Å². The van der Waals surface area contributed by atoms with Gasteiger partial charge in [0.1, 0.15) is 0 Å². The number of hydrogen-bond acceptors (Lipinski definition) is 5. The Morgan fingerprint density at radius 2 is 0.712 bits per heavy atom. The van der Waals surface area contributed by atoms with Crippen LogP contribution in [0, 0.1) is 0 Å². The van der Waals surface area contributed by atoms with Gasteiger partial charge in [0, 0.05) is 12.8 Å². The summed E-state index contributed by atoms with van der Waals surface area (Å²) in [7, 11) is 0. The number of allylic oxidation sites excluding steroid dienone is 2. The number of carbonyl (C=O) groups excluding carboxylic acids is 2. The highest BCUT2D eigenvalue weighted by molar-refractivity contribution is 5.76. The zero-order valence-electron chi connectivity index (χ0n) is 44.7. The summed E-state index contributed by atoms with van der Waals surface area (Å²) in [4.78, 5) is 24.5. The number of hydrogen-bond donors (Lipinski definition) is 3. The number of nitrogens with one attached hydrogen (secondary N) is 1. The van der Waals surface area contributed by atoms with Gasteiger partial charge in [0.05, 0.1) is 25.4 Å². The molecular weight excluding hydrogens is 815 g/mol. The van der Waals surface area contributed by atoms with E-state index in [1.165, 1.54) is 257 Å². The number of esters is 1. The van der Waals surface area contributed by atoms with Gasteiger partial charge in [-0.3, -0.25) is 9.59 Å². The number of ether oxygens (including phenoxy) is 1. The summed E-state index contributed by atoms with van der Waals surface area (Å²) in [5, 5.41) is 23.3. The van der Waals surface area contributed by atoms with Crippen LogP contribution in [0.2, 0.25) is 0 Å². The molecule has 0 saturated carbocycles. The quantitative estimate of drug-likeness (QED) is 0.0321. The summed E-state index contributed by atoms with van der Waals surface area (Å²) < 4.78 is 5.48. The Balaban J connectivity index is 3.42. The van der Waals surface area contributed by atoms with Gasteiger partial charge >= 0.3 is 5.97 Å². The molecule has 392 valence electrons. The Kier molecular flexibility index (Phi) is 55.0. The van der Waals surface area contributed by atoms with Crippen LogP contribution in [0.3, 0.4) is 0 Å². The zero-order valence-corrected chi connectivity index (χ0v) is 44.7. The lowest BCUT2D eigenvalue weighted by Crippen LogP contribution is -2.45. The van der Waals surface area contributed by atoms with Gasteiger partial charge in [0.15, 0.2) is 0 Å². The van der Waals surface area contributed by atoms with Crippen molar-refractivity contribution in [2.24, 2.45) is 0 Å². The van der Waals surface area contributed by atoms with E-state index in [1.54, 1.807) is 0 Å². The first-order valence-corrected chi connectivity index (χ1v) is 29.9. The third-order valence-corrected chi connectivity index (χ3v) is 14.1. The molecule has 0 bridgehead atoms. The Morgan fingerprint density at radius 1 is 0.409 bits per heavy atom. The van der Waals surface area contributed by atoms with E-state index in [2.05, 4.69) is 31.3 Å². The van der Waals surface area contributed by atoms with E-state index in [9.17, 15) is 19.8 Å². The third-order valence-electron chi connectivity index (χ3n) is 14.1. The topological polar surface area (TPSA) is 95.9 Å². The minimum atomic E-state index is -0.669. The maximum atomic E-state index is 12.5. The summed E-state index contributed by atoms with van der Waals surface area (Å²) in [5.74, 6) is -0.0427. The maximum Gasteiger partial charge on any atom is 0.305 e. The molecule has 66 heavy (non-hydrogen) atoms. The van der Waals surface area contributed by atoms with Crippen LogP contribution < -0.4 is 5.32 Å². The molecular formula is C60H117NO5. The van der Waals surface area contributed by atoms with Crippen molar-refractivity contribution in [3.63, 3.8) is 0 Å². The molecule has 0 heterocycles. The van der Waals surface area contributed by atoms with Gasteiger partial charge in [-0.05, 0) is 51.4 Å². The monoisotopic (exact) mass is 932 g/mol. The summed E-state index contributed by atoms with van der Waals surface area (Å²) in [6.07, 6.45) is 66.3. The lowest BCUT2D eigenvalue weighted by molar-refractivity contribution is -0.143. The third kappa shape index (κ3) is 52.0. The minimum Gasteiger partial charge on any atom is -0.466 e. The van der Waals surface area contributed by atoms with Gasteiger partial charge in [-0.2, -0.15) is 0 Å². The van der Waals surface area contributed by atoms with E-state index in [-0.39, 0.29) is 18.5 Å². The Bertz CT molecular complexity index is 986. The number of aliphatic hydroxyl groups excluding tert-OH is 2. The Labute approximate surface area is 412 Å². The Hall–Kier alpha value is -1.40. The highest BCUT2D eigenvalue weighted by Gasteiger charge is 2.20. The van der Waals surface area contributed by atoms with Crippen molar-refractivity contribution in [3.8, 4) is 0 Å². The summed E-state index contributed by atoms with van der Waals surface area (Å²) in [6.45, 7) is 4.95. The fourth-order valence-electron chi connectivity index (χ4n) is 9.46. The first kappa shape index (κ1) is 64.6. The highest BCUT2D eigenvalue weighted by Crippen LogP contribution is 2.18. The van der Waals surface area contributed by atoms with Gasteiger partial charge in [-0.25, -0.2) is 0 Å². The fraction of sp³-hybridized carbons (Fsp3) is 0.933. The summed E-state index contributed by atoms with van der Waals surface area (Å²) in [6, 6.07) is -0.546. The van der Waals surface area contributed by atoms with Crippen molar-refractivity contribution < 1.29 is 24.5 Å². The molecule has 0 aromatic carbocycles. The molecule has 0 radical (unpaired) electrons. The van der Waals surface area contributed by atoms with Crippen molar-refractivity contribution in [2.45, 2.75) is 347 Å². The molecule has 2 atom stereocenters.